The van der Waals surface area contributed by atoms with Crippen LogP contribution in [0, 0.1) is 6.57 Å². The van der Waals surface area contributed by atoms with Crippen molar-refractivity contribution in [1.29, 1.82) is 0 Å². The number of benzene rings is 2. The fraction of sp³-hybridized carbons (Fsp3) is 0.435. The van der Waals surface area contributed by atoms with Gasteiger partial charge in [0.2, 0.25) is 6.04 Å². The van der Waals surface area contributed by atoms with E-state index in [2.05, 4.69) is 86.3 Å². The van der Waals surface area contributed by atoms with E-state index in [0.717, 1.165) is 12.8 Å². The van der Waals surface area contributed by atoms with Crippen LogP contribution in [0.5, 0.6) is 0 Å². The fourth-order valence-corrected chi connectivity index (χ4v) is 8.60. The molecule has 1 saturated heterocycles. The fourth-order valence-electron chi connectivity index (χ4n) is 4.00. The molecule has 0 amide bonds. The molecule has 1 fully saturated rings. The number of ether oxygens (including phenoxy) is 1. The number of nitrogens with zero attached hydrogens (tertiary/aromatic N) is 1. The molecular formula is C23H29NO2Si. The van der Waals surface area contributed by atoms with Gasteiger partial charge in [-0.2, -0.15) is 0 Å². The topological polar surface area (TPSA) is 22.8 Å². The van der Waals surface area contributed by atoms with Crippen molar-refractivity contribution in [3.8, 4) is 0 Å². The molecule has 142 valence electrons. The van der Waals surface area contributed by atoms with E-state index >= 15 is 0 Å². The zero-order valence-corrected chi connectivity index (χ0v) is 17.5. The highest BCUT2D eigenvalue weighted by molar-refractivity contribution is 6.99. The second-order valence-corrected chi connectivity index (χ2v) is 12.6. The Morgan fingerprint density at radius 2 is 1.56 bits per heavy atom. The molecule has 3 rings (SSSR count). The maximum atomic E-state index is 7.19. The number of hydrogen-bond acceptors (Lipinski definition) is 2. The smallest absolute Gasteiger partial charge is 0.261 e. The summed E-state index contributed by atoms with van der Waals surface area (Å²) in [4.78, 5) is 3.62. The van der Waals surface area contributed by atoms with E-state index < -0.39 is 8.32 Å². The Morgan fingerprint density at radius 1 is 1.00 bits per heavy atom. The summed E-state index contributed by atoms with van der Waals surface area (Å²) in [6.45, 7) is 15.2. The maximum Gasteiger partial charge on any atom is 0.261 e. The minimum absolute atomic E-state index is 0.00844. The van der Waals surface area contributed by atoms with Gasteiger partial charge in [-0.25, -0.2) is 6.57 Å². The monoisotopic (exact) mass is 379 g/mol. The van der Waals surface area contributed by atoms with Gasteiger partial charge in [-0.05, 0) is 21.8 Å². The third-order valence-electron chi connectivity index (χ3n) is 5.43. The first-order valence-electron chi connectivity index (χ1n) is 9.70. The molecular weight excluding hydrogens is 350 g/mol. The minimum Gasteiger partial charge on any atom is -0.405 e. The summed E-state index contributed by atoms with van der Waals surface area (Å²) >= 11 is 0. The van der Waals surface area contributed by atoms with Crippen LogP contribution in [0.3, 0.4) is 0 Å². The average Bonchev–Trinajstić information content (AvgIpc) is 2.69. The van der Waals surface area contributed by atoms with Crippen LogP contribution in [-0.4, -0.2) is 33.7 Å². The molecule has 0 aromatic heterocycles. The van der Waals surface area contributed by atoms with E-state index in [4.69, 9.17) is 15.7 Å². The third kappa shape index (κ3) is 4.16. The summed E-state index contributed by atoms with van der Waals surface area (Å²) in [5.74, 6) is 0. The quantitative estimate of drug-likeness (QED) is 0.578. The normalized spacial score (nSPS) is 20.8. The number of hydrogen-bond donors (Lipinski definition) is 0. The Bertz CT molecular complexity index is 717. The summed E-state index contributed by atoms with van der Waals surface area (Å²) in [7, 11) is -2.50. The predicted octanol–water partition coefficient (Wildman–Crippen LogP) is 4.03. The summed E-state index contributed by atoms with van der Waals surface area (Å²) in [5, 5.41) is 2.56. The van der Waals surface area contributed by atoms with Gasteiger partial charge in [0, 0.05) is 6.42 Å². The standard InChI is InChI=1S/C23H29NO2Si/c1-23(2,3)27(21-11-7-5-8-12-21,22-13-9-6-10-14-22)26-18-20-16-15-19(24-4)17-25-20/h5-14,19-20H,15-18H2,1-3H3. The van der Waals surface area contributed by atoms with Gasteiger partial charge in [0.15, 0.2) is 0 Å². The van der Waals surface area contributed by atoms with Crippen molar-refractivity contribution in [3.63, 3.8) is 0 Å². The van der Waals surface area contributed by atoms with Crippen LogP contribution in [0.25, 0.3) is 4.85 Å². The van der Waals surface area contributed by atoms with Crippen molar-refractivity contribution in [2.24, 2.45) is 0 Å². The van der Waals surface area contributed by atoms with Crippen molar-refractivity contribution < 1.29 is 9.16 Å². The lowest BCUT2D eigenvalue weighted by atomic mass is 10.1. The summed E-state index contributed by atoms with van der Waals surface area (Å²) in [6.07, 6.45) is 1.87. The van der Waals surface area contributed by atoms with Crippen molar-refractivity contribution >= 4 is 18.7 Å². The third-order valence-corrected chi connectivity index (χ3v) is 10.4. The Hall–Kier alpha value is -1.93. The van der Waals surface area contributed by atoms with Crippen molar-refractivity contribution in [2.45, 2.75) is 50.8 Å². The van der Waals surface area contributed by atoms with Gasteiger partial charge in [0.1, 0.15) is 6.61 Å². The molecule has 3 nitrogen and oxygen atoms in total. The SMILES string of the molecule is [C-]#[N+]C1CCC(CO[Si](c2ccccc2)(c2ccccc2)C(C)(C)C)OC1. The number of rotatable bonds is 5. The van der Waals surface area contributed by atoms with E-state index in [0.29, 0.717) is 13.2 Å². The molecule has 1 heterocycles. The Kier molecular flexibility index (Phi) is 6.16. The van der Waals surface area contributed by atoms with Crippen molar-refractivity contribution in [3.05, 3.63) is 72.1 Å². The average molecular weight is 380 g/mol. The lowest BCUT2D eigenvalue weighted by Crippen LogP contribution is -2.67. The summed E-state index contributed by atoms with van der Waals surface area (Å²) in [6, 6.07) is 21.4. The molecule has 0 saturated carbocycles. The molecule has 27 heavy (non-hydrogen) atoms. The van der Waals surface area contributed by atoms with Gasteiger partial charge in [-0.1, -0.05) is 81.4 Å². The van der Waals surface area contributed by atoms with Crippen LogP contribution in [-0.2, 0) is 9.16 Å². The van der Waals surface area contributed by atoms with E-state index in [1.807, 2.05) is 0 Å². The van der Waals surface area contributed by atoms with E-state index in [-0.39, 0.29) is 17.2 Å². The largest absolute Gasteiger partial charge is 0.405 e. The molecule has 2 aromatic carbocycles. The maximum absolute atomic E-state index is 7.19. The highest BCUT2D eigenvalue weighted by Crippen LogP contribution is 2.37. The molecule has 2 aromatic rings. The van der Waals surface area contributed by atoms with Gasteiger partial charge >= 0.3 is 0 Å². The molecule has 2 atom stereocenters. The Balaban J connectivity index is 1.94. The molecule has 4 heteroatoms. The summed E-state index contributed by atoms with van der Waals surface area (Å²) < 4.78 is 12.9. The Morgan fingerprint density at radius 3 is 1.96 bits per heavy atom. The van der Waals surface area contributed by atoms with Crippen LogP contribution >= 0.6 is 0 Å². The Labute approximate surface area is 164 Å². The predicted molar refractivity (Wildman–Crippen MR) is 113 cm³/mol. The minimum atomic E-state index is -2.50. The van der Waals surface area contributed by atoms with Crippen molar-refractivity contribution in [1.82, 2.24) is 0 Å². The molecule has 1 aliphatic rings. The zero-order valence-electron chi connectivity index (χ0n) is 16.5. The zero-order chi connectivity index (χ0) is 19.3. The van der Waals surface area contributed by atoms with Gasteiger partial charge in [-0.15, -0.1) is 0 Å². The van der Waals surface area contributed by atoms with E-state index in [1.54, 1.807) is 0 Å². The van der Waals surface area contributed by atoms with Gasteiger partial charge in [0.25, 0.3) is 8.32 Å². The van der Waals surface area contributed by atoms with Crippen LogP contribution < -0.4 is 10.4 Å². The van der Waals surface area contributed by atoms with E-state index in [9.17, 15) is 0 Å². The van der Waals surface area contributed by atoms with Crippen LogP contribution in [0.2, 0.25) is 5.04 Å². The molecule has 0 spiro atoms. The van der Waals surface area contributed by atoms with Crippen molar-refractivity contribution in [2.75, 3.05) is 13.2 Å². The summed E-state index contributed by atoms with van der Waals surface area (Å²) in [5.41, 5.74) is 0. The second-order valence-electron chi connectivity index (χ2n) is 8.29. The highest BCUT2D eigenvalue weighted by atomic mass is 28.4. The van der Waals surface area contributed by atoms with Crippen LogP contribution in [0.15, 0.2) is 60.7 Å². The molecule has 0 bridgehead atoms. The molecule has 0 aliphatic carbocycles. The van der Waals surface area contributed by atoms with E-state index in [1.165, 1.54) is 10.4 Å². The first-order valence-corrected chi connectivity index (χ1v) is 11.6. The van der Waals surface area contributed by atoms with Gasteiger partial charge in [-0.3, -0.25) is 0 Å². The molecule has 0 N–H and O–H groups in total. The highest BCUT2D eigenvalue weighted by Gasteiger charge is 2.50. The lowest BCUT2D eigenvalue weighted by molar-refractivity contribution is -0.0161. The van der Waals surface area contributed by atoms with Crippen LogP contribution in [0.1, 0.15) is 33.6 Å². The molecule has 0 radical (unpaired) electrons. The lowest BCUT2D eigenvalue weighted by Gasteiger charge is -2.43. The first kappa shape index (κ1) is 19.8. The van der Waals surface area contributed by atoms with Crippen LogP contribution in [0.4, 0.5) is 0 Å². The first-order chi connectivity index (χ1) is 13.0. The van der Waals surface area contributed by atoms with Gasteiger partial charge in [0.05, 0.1) is 12.7 Å². The molecule has 2 unspecified atom stereocenters. The second kappa shape index (κ2) is 8.39. The van der Waals surface area contributed by atoms with Gasteiger partial charge < -0.3 is 14.0 Å². The molecule has 1 aliphatic heterocycles.